The second-order valence-electron chi connectivity index (χ2n) is 8.39. The van der Waals surface area contributed by atoms with Crippen LogP contribution in [0.4, 0.5) is 17.3 Å². The maximum atomic E-state index is 12.8. The maximum Gasteiger partial charge on any atom is 0.255 e. The van der Waals surface area contributed by atoms with Gasteiger partial charge in [-0.1, -0.05) is 18.2 Å². The van der Waals surface area contributed by atoms with Crippen LogP contribution >= 0.6 is 0 Å². The standard InChI is InChI=1S/C27H27N7O/c35-26(21-8-6-20(7-9-21)19-34-15-13-28-14-16-34)31-23-4-1-5-24(17-23)32-27-30-12-10-25(33-27)22-3-2-11-29-18-22/h1-12,17-18,28H,13-16,19H2,(H,31,35)(H,30,32,33). The third-order valence-electron chi connectivity index (χ3n) is 5.82. The first-order valence-corrected chi connectivity index (χ1v) is 11.7. The molecule has 0 unspecified atom stereocenters. The molecule has 0 atom stereocenters. The number of nitrogens with zero attached hydrogens (tertiary/aromatic N) is 4. The summed E-state index contributed by atoms with van der Waals surface area (Å²) in [6.07, 6.45) is 5.20. The SMILES string of the molecule is O=C(Nc1cccc(Nc2nccc(-c3cccnc3)n2)c1)c1ccc(CN2CCNCC2)cc1. The van der Waals surface area contributed by atoms with Crippen LogP contribution in [0, 0.1) is 0 Å². The van der Waals surface area contributed by atoms with Gasteiger partial charge in [0, 0.05) is 73.8 Å². The highest BCUT2D eigenvalue weighted by Crippen LogP contribution is 2.21. The van der Waals surface area contributed by atoms with Gasteiger partial charge in [0.15, 0.2) is 0 Å². The van der Waals surface area contributed by atoms with Gasteiger partial charge in [-0.05, 0) is 54.1 Å². The van der Waals surface area contributed by atoms with Crippen molar-refractivity contribution in [1.82, 2.24) is 25.2 Å². The average molecular weight is 466 g/mol. The van der Waals surface area contributed by atoms with E-state index in [4.69, 9.17) is 0 Å². The van der Waals surface area contributed by atoms with E-state index in [1.165, 1.54) is 5.56 Å². The molecule has 1 fully saturated rings. The molecule has 4 aromatic rings. The van der Waals surface area contributed by atoms with Crippen molar-refractivity contribution in [3.63, 3.8) is 0 Å². The van der Waals surface area contributed by atoms with Crippen molar-refractivity contribution in [3.05, 3.63) is 96.4 Å². The summed E-state index contributed by atoms with van der Waals surface area (Å²) in [4.78, 5) is 28.2. The Kier molecular flexibility index (Phi) is 7.02. The summed E-state index contributed by atoms with van der Waals surface area (Å²) in [6, 6.07) is 21.0. The van der Waals surface area contributed by atoms with E-state index < -0.39 is 0 Å². The number of carbonyl (C=O) groups excluding carboxylic acids is 1. The number of amides is 1. The van der Waals surface area contributed by atoms with Crippen LogP contribution in [0.5, 0.6) is 0 Å². The number of carbonyl (C=O) groups is 1. The Bertz CT molecular complexity index is 1270. The highest BCUT2D eigenvalue weighted by Gasteiger charge is 2.11. The molecule has 0 spiro atoms. The molecule has 5 rings (SSSR count). The highest BCUT2D eigenvalue weighted by atomic mass is 16.1. The molecule has 3 N–H and O–H groups in total. The first-order valence-electron chi connectivity index (χ1n) is 11.7. The van der Waals surface area contributed by atoms with Crippen molar-refractivity contribution in [3.8, 4) is 11.3 Å². The fraction of sp³-hybridized carbons (Fsp3) is 0.185. The van der Waals surface area contributed by atoms with Crippen molar-refractivity contribution < 1.29 is 4.79 Å². The molecular formula is C27H27N7O. The minimum absolute atomic E-state index is 0.148. The number of nitrogens with one attached hydrogen (secondary N) is 3. The third-order valence-corrected chi connectivity index (χ3v) is 5.82. The van der Waals surface area contributed by atoms with Gasteiger partial charge in [0.05, 0.1) is 5.69 Å². The van der Waals surface area contributed by atoms with Crippen LogP contribution in [0.15, 0.2) is 85.3 Å². The summed E-state index contributed by atoms with van der Waals surface area (Å²) < 4.78 is 0. The quantitative estimate of drug-likeness (QED) is 0.381. The van der Waals surface area contributed by atoms with Crippen molar-refractivity contribution >= 4 is 23.2 Å². The minimum atomic E-state index is -0.148. The lowest BCUT2D eigenvalue weighted by atomic mass is 10.1. The number of aromatic nitrogens is 3. The summed E-state index contributed by atoms with van der Waals surface area (Å²) in [7, 11) is 0. The Hall–Kier alpha value is -4.14. The summed E-state index contributed by atoms with van der Waals surface area (Å²) in [6.45, 7) is 5.05. The number of piperazine rings is 1. The fourth-order valence-electron chi connectivity index (χ4n) is 3.99. The van der Waals surface area contributed by atoms with Gasteiger partial charge in [0.2, 0.25) is 5.95 Å². The molecular weight excluding hydrogens is 438 g/mol. The van der Waals surface area contributed by atoms with Crippen LogP contribution in [0.1, 0.15) is 15.9 Å². The monoisotopic (exact) mass is 465 g/mol. The van der Waals surface area contributed by atoms with Gasteiger partial charge in [0.25, 0.3) is 5.91 Å². The lowest BCUT2D eigenvalue weighted by Gasteiger charge is -2.27. The van der Waals surface area contributed by atoms with Crippen molar-refractivity contribution in [1.29, 1.82) is 0 Å². The van der Waals surface area contributed by atoms with E-state index in [0.29, 0.717) is 17.2 Å². The molecule has 8 heteroatoms. The first kappa shape index (κ1) is 22.6. The maximum absolute atomic E-state index is 12.8. The van der Waals surface area contributed by atoms with Crippen molar-refractivity contribution in [2.75, 3.05) is 36.8 Å². The third kappa shape index (κ3) is 6.06. The molecule has 2 aromatic carbocycles. The van der Waals surface area contributed by atoms with Gasteiger partial charge in [0.1, 0.15) is 0 Å². The Balaban J connectivity index is 1.22. The Morgan fingerprint density at radius 1 is 0.943 bits per heavy atom. The van der Waals surface area contributed by atoms with Crippen LogP contribution in [0.2, 0.25) is 0 Å². The molecule has 1 amide bonds. The molecule has 0 bridgehead atoms. The van der Waals surface area contributed by atoms with E-state index in [-0.39, 0.29) is 5.91 Å². The van der Waals surface area contributed by atoms with E-state index in [0.717, 1.165) is 49.7 Å². The lowest BCUT2D eigenvalue weighted by Crippen LogP contribution is -2.42. The number of hydrogen-bond acceptors (Lipinski definition) is 7. The smallest absolute Gasteiger partial charge is 0.255 e. The van der Waals surface area contributed by atoms with Crippen molar-refractivity contribution in [2.24, 2.45) is 0 Å². The second-order valence-corrected chi connectivity index (χ2v) is 8.39. The summed E-state index contributed by atoms with van der Waals surface area (Å²) in [5.41, 5.74) is 4.99. The average Bonchev–Trinajstić information content (AvgIpc) is 2.91. The normalized spacial score (nSPS) is 13.8. The molecule has 0 radical (unpaired) electrons. The predicted molar refractivity (Wildman–Crippen MR) is 138 cm³/mol. The lowest BCUT2D eigenvalue weighted by molar-refractivity contribution is 0.102. The van der Waals surface area contributed by atoms with E-state index in [1.807, 2.05) is 66.7 Å². The number of pyridine rings is 1. The van der Waals surface area contributed by atoms with Gasteiger partial charge < -0.3 is 16.0 Å². The zero-order valence-electron chi connectivity index (χ0n) is 19.3. The van der Waals surface area contributed by atoms with Crippen molar-refractivity contribution in [2.45, 2.75) is 6.54 Å². The first-order chi connectivity index (χ1) is 17.2. The Morgan fingerprint density at radius 3 is 2.57 bits per heavy atom. The molecule has 1 saturated heterocycles. The molecule has 1 aliphatic heterocycles. The van der Waals surface area contributed by atoms with Crippen LogP contribution in [-0.4, -0.2) is 51.9 Å². The molecule has 176 valence electrons. The van der Waals surface area contributed by atoms with Crippen LogP contribution in [0.25, 0.3) is 11.3 Å². The molecule has 8 nitrogen and oxygen atoms in total. The second kappa shape index (κ2) is 10.9. The van der Waals surface area contributed by atoms with Crippen LogP contribution in [-0.2, 0) is 6.54 Å². The van der Waals surface area contributed by atoms with Gasteiger partial charge in [-0.2, -0.15) is 0 Å². The van der Waals surface area contributed by atoms with Gasteiger partial charge in [-0.3, -0.25) is 14.7 Å². The number of rotatable bonds is 7. The van der Waals surface area contributed by atoms with E-state index in [9.17, 15) is 4.79 Å². The molecule has 2 aromatic heterocycles. The topological polar surface area (TPSA) is 95.1 Å². The molecule has 0 aliphatic carbocycles. The Labute approximate surface area is 204 Å². The summed E-state index contributed by atoms with van der Waals surface area (Å²) in [5.74, 6) is 0.320. The number of hydrogen-bond donors (Lipinski definition) is 3. The van der Waals surface area contributed by atoms with Crippen LogP contribution in [0.3, 0.4) is 0 Å². The van der Waals surface area contributed by atoms with E-state index in [1.54, 1.807) is 18.6 Å². The number of benzene rings is 2. The summed E-state index contributed by atoms with van der Waals surface area (Å²) in [5, 5.41) is 9.55. The van der Waals surface area contributed by atoms with Gasteiger partial charge >= 0.3 is 0 Å². The zero-order valence-corrected chi connectivity index (χ0v) is 19.3. The summed E-state index contributed by atoms with van der Waals surface area (Å²) >= 11 is 0. The fourth-order valence-corrected chi connectivity index (χ4v) is 3.99. The Morgan fingerprint density at radius 2 is 1.77 bits per heavy atom. The zero-order chi connectivity index (χ0) is 23.9. The molecule has 3 heterocycles. The molecule has 0 saturated carbocycles. The minimum Gasteiger partial charge on any atom is -0.324 e. The largest absolute Gasteiger partial charge is 0.324 e. The number of anilines is 3. The molecule has 1 aliphatic rings. The van der Waals surface area contributed by atoms with Gasteiger partial charge in [-0.15, -0.1) is 0 Å². The predicted octanol–water partition coefficient (Wildman–Crippen LogP) is 3.94. The van der Waals surface area contributed by atoms with Crippen LogP contribution < -0.4 is 16.0 Å². The van der Waals surface area contributed by atoms with Gasteiger partial charge in [-0.25, -0.2) is 9.97 Å². The van der Waals surface area contributed by atoms with E-state index >= 15 is 0 Å². The van der Waals surface area contributed by atoms with E-state index in [2.05, 4.69) is 35.8 Å². The molecule has 35 heavy (non-hydrogen) atoms. The highest BCUT2D eigenvalue weighted by molar-refractivity contribution is 6.04.